The van der Waals surface area contributed by atoms with Gasteiger partial charge in [-0.2, -0.15) is 5.10 Å². The number of carbonyl (C=O) groups excluding carboxylic acids is 1. The molecule has 3 rings (SSSR count). The molecule has 0 radical (unpaired) electrons. The van der Waals surface area contributed by atoms with Gasteiger partial charge in [-0.05, 0) is 48.2 Å². The smallest absolute Gasteiger partial charge is 0.255 e. The molecule has 0 aliphatic carbocycles. The van der Waals surface area contributed by atoms with Crippen LogP contribution in [0.2, 0.25) is 0 Å². The van der Waals surface area contributed by atoms with Crippen molar-refractivity contribution in [2.24, 2.45) is 0 Å². The summed E-state index contributed by atoms with van der Waals surface area (Å²) >= 11 is 0. The van der Waals surface area contributed by atoms with Crippen LogP contribution in [0.4, 0.5) is 5.69 Å². The van der Waals surface area contributed by atoms with Crippen molar-refractivity contribution in [2.45, 2.75) is 33.4 Å². The fourth-order valence-corrected chi connectivity index (χ4v) is 2.56. The maximum atomic E-state index is 12.3. The SMILES string of the molecule is CCc1ccc(OCn2cc(NC(=O)c3ccc(CC)cc3)cn2)cc1. The van der Waals surface area contributed by atoms with Crippen LogP contribution in [0.1, 0.15) is 35.3 Å². The first kappa shape index (κ1) is 17.7. The van der Waals surface area contributed by atoms with E-state index in [-0.39, 0.29) is 12.6 Å². The molecule has 1 heterocycles. The summed E-state index contributed by atoms with van der Waals surface area (Å²) in [6.07, 6.45) is 5.32. The number of ether oxygens (including phenoxy) is 1. The third kappa shape index (κ3) is 4.51. The van der Waals surface area contributed by atoms with Gasteiger partial charge in [-0.15, -0.1) is 0 Å². The molecular formula is C21H23N3O2. The summed E-state index contributed by atoms with van der Waals surface area (Å²) in [5.41, 5.74) is 3.74. The van der Waals surface area contributed by atoms with Crippen molar-refractivity contribution in [1.82, 2.24) is 9.78 Å². The average Bonchev–Trinajstić information content (AvgIpc) is 3.14. The van der Waals surface area contributed by atoms with Crippen LogP contribution in [0.3, 0.4) is 0 Å². The zero-order chi connectivity index (χ0) is 18.4. The van der Waals surface area contributed by atoms with E-state index < -0.39 is 0 Å². The topological polar surface area (TPSA) is 56.1 Å². The van der Waals surface area contributed by atoms with Gasteiger partial charge in [0.05, 0.1) is 18.1 Å². The number of aryl methyl sites for hydroxylation is 2. The Hall–Kier alpha value is -3.08. The standard InChI is InChI=1S/C21H23N3O2/c1-3-16-5-9-18(10-6-16)21(25)23-19-13-22-24(14-19)15-26-20-11-7-17(4-2)8-12-20/h5-14H,3-4,15H2,1-2H3,(H,23,25). The van der Waals surface area contributed by atoms with E-state index in [1.54, 1.807) is 17.1 Å². The first-order valence-electron chi connectivity index (χ1n) is 8.82. The molecule has 0 spiro atoms. The summed E-state index contributed by atoms with van der Waals surface area (Å²) in [6.45, 7) is 4.49. The van der Waals surface area contributed by atoms with Gasteiger partial charge in [0.1, 0.15) is 5.75 Å². The first-order chi connectivity index (χ1) is 12.7. The van der Waals surface area contributed by atoms with Gasteiger partial charge in [0.2, 0.25) is 0 Å². The van der Waals surface area contributed by atoms with Crippen LogP contribution in [-0.4, -0.2) is 15.7 Å². The van der Waals surface area contributed by atoms with Crippen molar-refractivity contribution in [1.29, 1.82) is 0 Å². The number of nitrogens with one attached hydrogen (secondary N) is 1. The molecule has 2 aromatic carbocycles. The van der Waals surface area contributed by atoms with Crippen LogP contribution in [0.25, 0.3) is 0 Å². The fraction of sp³-hybridized carbons (Fsp3) is 0.238. The summed E-state index contributed by atoms with van der Waals surface area (Å²) < 4.78 is 7.35. The van der Waals surface area contributed by atoms with Crippen LogP contribution in [-0.2, 0) is 19.6 Å². The third-order valence-corrected chi connectivity index (χ3v) is 4.21. The van der Waals surface area contributed by atoms with Gasteiger partial charge in [0, 0.05) is 5.56 Å². The van der Waals surface area contributed by atoms with E-state index in [4.69, 9.17) is 4.74 Å². The minimum Gasteiger partial charge on any atom is -0.471 e. The van der Waals surface area contributed by atoms with Crippen molar-refractivity contribution in [2.75, 3.05) is 5.32 Å². The van der Waals surface area contributed by atoms with Gasteiger partial charge in [0.25, 0.3) is 5.91 Å². The number of nitrogens with zero attached hydrogens (tertiary/aromatic N) is 2. The highest BCUT2D eigenvalue weighted by molar-refractivity contribution is 6.04. The van der Waals surface area contributed by atoms with Crippen LogP contribution in [0.15, 0.2) is 60.9 Å². The Labute approximate surface area is 153 Å². The highest BCUT2D eigenvalue weighted by Gasteiger charge is 2.07. The van der Waals surface area contributed by atoms with Gasteiger partial charge < -0.3 is 10.1 Å². The minimum atomic E-state index is -0.150. The number of rotatable bonds is 7. The van der Waals surface area contributed by atoms with Crippen molar-refractivity contribution in [3.8, 4) is 5.75 Å². The molecule has 5 nitrogen and oxygen atoms in total. The van der Waals surface area contributed by atoms with E-state index in [0.29, 0.717) is 11.3 Å². The van der Waals surface area contributed by atoms with Gasteiger partial charge in [-0.1, -0.05) is 38.1 Å². The summed E-state index contributed by atoms with van der Waals surface area (Å²) in [4.78, 5) is 12.3. The molecule has 1 N–H and O–H groups in total. The fourth-order valence-electron chi connectivity index (χ4n) is 2.56. The van der Waals surface area contributed by atoms with E-state index in [2.05, 4.69) is 24.3 Å². The lowest BCUT2D eigenvalue weighted by Gasteiger charge is -2.07. The largest absolute Gasteiger partial charge is 0.471 e. The van der Waals surface area contributed by atoms with Crippen molar-refractivity contribution < 1.29 is 9.53 Å². The van der Waals surface area contributed by atoms with Crippen LogP contribution in [0.5, 0.6) is 5.75 Å². The molecule has 134 valence electrons. The van der Waals surface area contributed by atoms with E-state index >= 15 is 0 Å². The molecule has 3 aromatic rings. The van der Waals surface area contributed by atoms with Crippen LogP contribution in [0, 0.1) is 0 Å². The molecule has 0 aliphatic rings. The molecule has 5 heteroatoms. The highest BCUT2D eigenvalue weighted by Crippen LogP contribution is 2.14. The second-order valence-corrected chi connectivity index (χ2v) is 6.04. The molecule has 0 bridgehead atoms. The normalized spacial score (nSPS) is 10.5. The number of amides is 1. The van der Waals surface area contributed by atoms with E-state index in [1.165, 1.54) is 11.1 Å². The zero-order valence-electron chi connectivity index (χ0n) is 15.1. The number of aromatic nitrogens is 2. The molecule has 1 amide bonds. The zero-order valence-corrected chi connectivity index (χ0v) is 15.1. The Morgan fingerprint density at radius 1 is 1.00 bits per heavy atom. The number of hydrogen-bond acceptors (Lipinski definition) is 3. The maximum absolute atomic E-state index is 12.3. The first-order valence-corrected chi connectivity index (χ1v) is 8.82. The molecule has 0 atom stereocenters. The summed E-state index contributed by atoms with van der Waals surface area (Å²) in [5.74, 6) is 0.641. The molecule has 0 saturated heterocycles. The molecule has 0 fully saturated rings. The molecule has 0 aliphatic heterocycles. The van der Waals surface area contributed by atoms with Gasteiger partial charge in [-0.25, -0.2) is 4.68 Å². The lowest BCUT2D eigenvalue weighted by molar-refractivity contribution is 0.102. The van der Waals surface area contributed by atoms with Crippen molar-refractivity contribution >= 4 is 11.6 Å². The summed E-state index contributed by atoms with van der Waals surface area (Å²) in [7, 11) is 0. The maximum Gasteiger partial charge on any atom is 0.255 e. The minimum absolute atomic E-state index is 0.150. The third-order valence-electron chi connectivity index (χ3n) is 4.21. The number of hydrogen-bond donors (Lipinski definition) is 1. The predicted molar refractivity (Wildman–Crippen MR) is 102 cm³/mol. The second kappa shape index (κ2) is 8.34. The van der Waals surface area contributed by atoms with Crippen molar-refractivity contribution in [3.63, 3.8) is 0 Å². The summed E-state index contributed by atoms with van der Waals surface area (Å²) in [5, 5.41) is 7.07. The lowest BCUT2D eigenvalue weighted by Crippen LogP contribution is -2.11. The Kier molecular flexibility index (Phi) is 5.69. The van der Waals surface area contributed by atoms with E-state index in [9.17, 15) is 4.79 Å². The molecule has 0 unspecified atom stereocenters. The van der Waals surface area contributed by atoms with Gasteiger partial charge in [0.15, 0.2) is 6.73 Å². The monoisotopic (exact) mass is 349 g/mol. The Morgan fingerprint density at radius 2 is 1.62 bits per heavy atom. The number of carbonyl (C=O) groups is 1. The predicted octanol–water partition coefficient (Wildman–Crippen LogP) is 4.30. The molecule has 0 saturated carbocycles. The average molecular weight is 349 g/mol. The number of anilines is 1. The Balaban J connectivity index is 1.55. The van der Waals surface area contributed by atoms with Gasteiger partial charge in [-0.3, -0.25) is 4.79 Å². The molecule has 26 heavy (non-hydrogen) atoms. The van der Waals surface area contributed by atoms with Crippen LogP contribution < -0.4 is 10.1 Å². The second-order valence-electron chi connectivity index (χ2n) is 6.04. The van der Waals surface area contributed by atoms with Crippen molar-refractivity contribution in [3.05, 3.63) is 77.6 Å². The number of benzene rings is 2. The Morgan fingerprint density at radius 3 is 2.23 bits per heavy atom. The highest BCUT2D eigenvalue weighted by atomic mass is 16.5. The summed E-state index contributed by atoms with van der Waals surface area (Å²) in [6, 6.07) is 15.6. The quantitative estimate of drug-likeness (QED) is 0.692. The lowest BCUT2D eigenvalue weighted by atomic mass is 10.1. The van der Waals surface area contributed by atoms with E-state index in [1.807, 2.05) is 48.5 Å². The molecular weight excluding hydrogens is 326 g/mol. The van der Waals surface area contributed by atoms with Gasteiger partial charge >= 0.3 is 0 Å². The van der Waals surface area contributed by atoms with Crippen LogP contribution >= 0.6 is 0 Å². The van der Waals surface area contributed by atoms with E-state index in [0.717, 1.165) is 18.6 Å². The molecule has 1 aromatic heterocycles. The Bertz CT molecular complexity index is 852.